The zero-order valence-corrected chi connectivity index (χ0v) is 11.8. The van der Waals surface area contributed by atoms with Crippen molar-refractivity contribution >= 4 is 16.8 Å². The average molecular weight is 259 g/mol. The molecule has 0 unspecified atom stereocenters. The van der Waals surface area contributed by atoms with E-state index in [0.717, 1.165) is 18.6 Å². The number of benzene rings is 1. The number of carbonyl (C=O) groups is 1. The Morgan fingerprint density at radius 1 is 1.32 bits per heavy atom. The lowest BCUT2D eigenvalue weighted by atomic mass is 10.2. The molecule has 0 fully saturated rings. The fraction of sp³-hybridized carbons (Fsp3) is 0.400. The van der Waals surface area contributed by atoms with E-state index in [0.29, 0.717) is 6.54 Å². The Morgan fingerprint density at radius 3 is 2.74 bits per heavy atom. The third-order valence-electron chi connectivity index (χ3n) is 3.24. The van der Waals surface area contributed by atoms with Gasteiger partial charge in [-0.15, -0.1) is 0 Å². The molecule has 0 atom stereocenters. The van der Waals surface area contributed by atoms with Crippen LogP contribution >= 0.6 is 0 Å². The third kappa shape index (κ3) is 2.96. The van der Waals surface area contributed by atoms with Crippen molar-refractivity contribution in [3.63, 3.8) is 0 Å². The summed E-state index contributed by atoms with van der Waals surface area (Å²) in [5.41, 5.74) is 2.36. The van der Waals surface area contributed by atoms with E-state index in [1.165, 1.54) is 10.9 Å². The van der Waals surface area contributed by atoms with Crippen LogP contribution in [0.3, 0.4) is 0 Å². The molecule has 1 amide bonds. The second-order valence-electron chi connectivity index (χ2n) is 4.87. The highest BCUT2D eigenvalue weighted by Crippen LogP contribution is 2.21. The predicted octanol–water partition coefficient (Wildman–Crippen LogP) is 1.84. The van der Waals surface area contributed by atoms with Crippen molar-refractivity contribution < 1.29 is 4.79 Å². The van der Waals surface area contributed by atoms with Gasteiger partial charge in [0.25, 0.3) is 0 Å². The smallest absolute Gasteiger partial charge is 0.241 e. The summed E-state index contributed by atoms with van der Waals surface area (Å²) in [6.07, 6.45) is 2.08. The summed E-state index contributed by atoms with van der Waals surface area (Å²) in [5.74, 6) is 0.107. The SMILES string of the molecule is CCNCc1cn(CC(=O)N(C)C)c2ccccc12. The van der Waals surface area contributed by atoms with Gasteiger partial charge >= 0.3 is 0 Å². The molecule has 0 aliphatic heterocycles. The van der Waals surface area contributed by atoms with Crippen LogP contribution in [0.2, 0.25) is 0 Å². The fourth-order valence-corrected chi connectivity index (χ4v) is 2.14. The number of aromatic nitrogens is 1. The second-order valence-corrected chi connectivity index (χ2v) is 4.87. The predicted molar refractivity (Wildman–Crippen MR) is 78.0 cm³/mol. The van der Waals surface area contributed by atoms with E-state index in [1.807, 2.05) is 16.7 Å². The minimum absolute atomic E-state index is 0.107. The van der Waals surface area contributed by atoms with E-state index in [2.05, 4.69) is 30.6 Å². The topological polar surface area (TPSA) is 37.3 Å². The number of rotatable bonds is 5. The molecule has 102 valence electrons. The zero-order valence-electron chi connectivity index (χ0n) is 11.8. The van der Waals surface area contributed by atoms with Gasteiger partial charge < -0.3 is 14.8 Å². The maximum absolute atomic E-state index is 11.9. The van der Waals surface area contributed by atoms with Crippen LogP contribution in [0.1, 0.15) is 12.5 Å². The van der Waals surface area contributed by atoms with Crippen LogP contribution in [-0.2, 0) is 17.9 Å². The van der Waals surface area contributed by atoms with E-state index in [1.54, 1.807) is 19.0 Å². The van der Waals surface area contributed by atoms with E-state index < -0.39 is 0 Å². The normalized spacial score (nSPS) is 10.9. The van der Waals surface area contributed by atoms with E-state index in [4.69, 9.17) is 0 Å². The number of nitrogens with one attached hydrogen (secondary N) is 1. The average Bonchev–Trinajstić information content (AvgIpc) is 2.75. The Labute approximate surface area is 114 Å². The Balaban J connectivity index is 2.35. The molecule has 0 aliphatic rings. The quantitative estimate of drug-likeness (QED) is 0.889. The standard InChI is InChI=1S/C15H21N3O/c1-4-16-9-12-10-18(11-15(19)17(2)3)14-8-6-5-7-13(12)14/h5-8,10,16H,4,9,11H2,1-3H3. The van der Waals surface area contributed by atoms with Crippen molar-refractivity contribution in [2.45, 2.75) is 20.0 Å². The molecule has 0 saturated heterocycles. The monoisotopic (exact) mass is 259 g/mol. The van der Waals surface area contributed by atoms with Gasteiger partial charge in [-0.2, -0.15) is 0 Å². The van der Waals surface area contributed by atoms with E-state index >= 15 is 0 Å². The van der Waals surface area contributed by atoms with Gasteiger partial charge in [0.2, 0.25) is 5.91 Å². The molecule has 19 heavy (non-hydrogen) atoms. The molecule has 1 aromatic heterocycles. The van der Waals surface area contributed by atoms with Crippen LogP contribution < -0.4 is 5.32 Å². The summed E-state index contributed by atoms with van der Waals surface area (Å²) in [6, 6.07) is 8.22. The molecule has 4 heteroatoms. The minimum atomic E-state index is 0.107. The molecule has 1 aromatic carbocycles. The number of fused-ring (bicyclic) bond motifs is 1. The summed E-state index contributed by atoms with van der Waals surface area (Å²) in [5, 5.41) is 4.56. The van der Waals surface area contributed by atoms with Crippen LogP contribution in [-0.4, -0.2) is 36.0 Å². The highest BCUT2D eigenvalue weighted by molar-refractivity contribution is 5.86. The van der Waals surface area contributed by atoms with Crippen LogP contribution in [0, 0.1) is 0 Å². The van der Waals surface area contributed by atoms with Crippen LogP contribution in [0.5, 0.6) is 0 Å². The lowest BCUT2D eigenvalue weighted by Crippen LogP contribution is -2.25. The van der Waals surface area contributed by atoms with Gasteiger partial charge in [0.15, 0.2) is 0 Å². The molecule has 2 rings (SSSR count). The number of carbonyl (C=O) groups excluding carboxylic acids is 1. The van der Waals surface area contributed by atoms with Gasteiger partial charge in [-0.3, -0.25) is 4.79 Å². The Kier molecular flexibility index (Phi) is 4.22. The molecule has 2 aromatic rings. The first-order chi connectivity index (χ1) is 9.13. The number of nitrogens with zero attached hydrogens (tertiary/aromatic N) is 2. The lowest BCUT2D eigenvalue weighted by molar-refractivity contribution is -0.129. The van der Waals surface area contributed by atoms with E-state index in [9.17, 15) is 4.79 Å². The molecule has 1 N–H and O–H groups in total. The Morgan fingerprint density at radius 2 is 2.05 bits per heavy atom. The van der Waals surface area contributed by atoms with Gasteiger partial charge in [0.05, 0.1) is 0 Å². The molecule has 0 saturated carbocycles. The van der Waals surface area contributed by atoms with Crippen molar-refractivity contribution in [3.05, 3.63) is 36.0 Å². The maximum Gasteiger partial charge on any atom is 0.241 e. The Bertz CT molecular complexity index is 572. The molecule has 0 spiro atoms. The summed E-state index contributed by atoms with van der Waals surface area (Å²) in [7, 11) is 3.57. The number of hydrogen-bond acceptors (Lipinski definition) is 2. The van der Waals surface area contributed by atoms with Crippen molar-refractivity contribution in [2.24, 2.45) is 0 Å². The fourth-order valence-electron chi connectivity index (χ4n) is 2.14. The summed E-state index contributed by atoms with van der Waals surface area (Å²) >= 11 is 0. The number of hydrogen-bond donors (Lipinski definition) is 1. The number of para-hydroxylation sites is 1. The first kappa shape index (κ1) is 13.6. The highest BCUT2D eigenvalue weighted by atomic mass is 16.2. The van der Waals surface area contributed by atoms with Crippen LogP contribution in [0.15, 0.2) is 30.5 Å². The summed E-state index contributed by atoms with van der Waals surface area (Å²) in [6.45, 7) is 4.25. The first-order valence-electron chi connectivity index (χ1n) is 6.61. The lowest BCUT2D eigenvalue weighted by Gasteiger charge is -2.11. The van der Waals surface area contributed by atoms with Gasteiger partial charge in [-0.05, 0) is 18.2 Å². The molecular weight excluding hydrogens is 238 g/mol. The first-order valence-corrected chi connectivity index (χ1v) is 6.61. The Hall–Kier alpha value is -1.81. The molecule has 0 radical (unpaired) electrons. The molecule has 1 heterocycles. The van der Waals surface area contributed by atoms with Crippen LogP contribution in [0.25, 0.3) is 10.9 Å². The summed E-state index contributed by atoms with van der Waals surface area (Å²) in [4.78, 5) is 13.5. The molecule has 4 nitrogen and oxygen atoms in total. The maximum atomic E-state index is 11.9. The third-order valence-corrected chi connectivity index (χ3v) is 3.24. The van der Waals surface area contributed by atoms with Crippen molar-refractivity contribution in [1.29, 1.82) is 0 Å². The van der Waals surface area contributed by atoms with Gasteiger partial charge in [-0.25, -0.2) is 0 Å². The second kappa shape index (κ2) is 5.89. The van der Waals surface area contributed by atoms with E-state index in [-0.39, 0.29) is 5.91 Å². The number of amides is 1. The minimum Gasteiger partial charge on any atom is -0.347 e. The zero-order chi connectivity index (χ0) is 13.8. The van der Waals surface area contributed by atoms with Crippen molar-refractivity contribution in [1.82, 2.24) is 14.8 Å². The molecule has 0 aliphatic carbocycles. The van der Waals surface area contributed by atoms with Crippen molar-refractivity contribution in [2.75, 3.05) is 20.6 Å². The van der Waals surface area contributed by atoms with Crippen LogP contribution in [0.4, 0.5) is 0 Å². The molecular formula is C15H21N3O. The number of likely N-dealkylation sites (N-methyl/N-ethyl adjacent to an activating group) is 1. The van der Waals surface area contributed by atoms with Gasteiger partial charge in [-0.1, -0.05) is 25.1 Å². The summed E-state index contributed by atoms with van der Waals surface area (Å²) < 4.78 is 2.03. The van der Waals surface area contributed by atoms with Gasteiger partial charge in [0, 0.05) is 37.7 Å². The van der Waals surface area contributed by atoms with Gasteiger partial charge in [0.1, 0.15) is 6.54 Å². The highest BCUT2D eigenvalue weighted by Gasteiger charge is 2.11. The molecule has 0 bridgehead atoms. The largest absolute Gasteiger partial charge is 0.347 e. The van der Waals surface area contributed by atoms with Crippen molar-refractivity contribution in [3.8, 4) is 0 Å².